The maximum atomic E-state index is 13.7. The van der Waals surface area contributed by atoms with Crippen LogP contribution in [0.25, 0.3) is 11.0 Å². The second-order valence-electron chi connectivity index (χ2n) is 7.01. The summed E-state index contributed by atoms with van der Waals surface area (Å²) in [6.45, 7) is 8.26. The number of rotatable bonds is 9. The molecule has 0 fully saturated rings. The molecule has 3 rings (SSSR count). The predicted molar refractivity (Wildman–Crippen MR) is 113 cm³/mol. The number of halogens is 1. The average Bonchev–Trinajstić information content (AvgIpc) is 3.29. The van der Waals surface area contributed by atoms with E-state index in [1.54, 1.807) is 17.4 Å². The van der Waals surface area contributed by atoms with E-state index in [-0.39, 0.29) is 11.7 Å². The van der Waals surface area contributed by atoms with Crippen molar-refractivity contribution in [2.24, 2.45) is 0 Å². The SMILES string of the molecule is CCCCN(Cc1nc2cc(F)ccc2n1CCC)C(=O)c1ccc(CC)s1. The number of hydrogen-bond acceptors (Lipinski definition) is 3. The van der Waals surface area contributed by atoms with Gasteiger partial charge in [0.25, 0.3) is 5.91 Å². The van der Waals surface area contributed by atoms with Gasteiger partial charge in [-0.3, -0.25) is 4.79 Å². The Bertz CT molecular complexity index is 947. The van der Waals surface area contributed by atoms with Crippen molar-refractivity contribution in [1.82, 2.24) is 14.5 Å². The minimum absolute atomic E-state index is 0.0550. The zero-order valence-corrected chi connectivity index (χ0v) is 17.7. The van der Waals surface area contributed by atoms with Crippen molar-refractivity contribution in [3.63, 3.8) is 0 Å². The summed E-state index contributed by atoms with van der Waals surface area (Å²) in [6.07, 6.45) is 3.85. The fourth-order valence-corrected chi connectivity index (χ4v) is 4.27. The van der Waals surface area contributed by atoms with Crippen LogP contribution in [-0.2, 0) is 19.5 Å². The van der Waals surface area contributed by atoms with Gasteiger partial charge in [-0.2, -0.15) is 0 Å². The van der Waals surface area contributed by atoms with Gasteiger partial charge in [0, 0.05) is 24.0 Å². The molecule has 0 radical (unpaired) electrons. The first kappa shape index (κ1) is 20.5. The van der Waals surface area contributed by atoms with Gasteiger partial charge in [-0.25, -0.2) is 9.37 Å². The van der Waals surface area contributed by atoms with Gasteiger partial charge >= 0.3 is 0 Å². The lowest BCUT2D eigenvalue weighted by atomic mass is 10.3. The number of thiophene rings is 1. The number of nitrogens with zero attached hydrogens (tertiary/aromatic N) is 3. The van der Waals surface area contributed by atoms with Crippen LogP contribution in [0.15, 0.2) is 30.3 Å². The van der Waals surface area contributed by atoms with Gasteiger partial charge < -0.3 is 9.47 Å². The van der Waals surface area contributed by atoms with Crippen LogP contribution in [0.5, 0.6) is 0 Å². The van der Waals surface area contributed by atoms with E-state index in [0.29, 0.717) is 18.6 Å². The van der Waals surface area contributed by atoms with Crippen LogP contribution >= 0.6 is 11.3 Å². The van der Waals surface area contributed by atoms with E-state index in [1.807, 2.05) is 17.0 Å². The number of benzene rings is 1. The van der Waals surface area contributed by atoms with Gasteiger partial charge in [-0.15, -0.1) is 11.3 Å². The number of imidazole rings is 1. The molecule has 6 heteroatoms. The first-order chi connectivity index (χ1) is 13.6. The van der Waals surface area contributed by atoms with Crippen LogP contribution in [0.2, 0.25) is 0 Å². The molecule has 0 saturated heterocycles. The summed E-state index contributed by atoms with van der Waals surface area (Å²) < 4.78 is 15.8. The van der Waals surface area contributed by atoms with Gasteiger partial charge in [0.1, 0.15) is 11.6 Å². The number of aryl methyl sites for hydroxylation is 2. The molecule has 0 spiro atoms. The molecule has 4 nitrogen and oxygen atoms in total. The molecule has 0 N–H and O–H groups in total. The van der Waals surface area contributed by atoms with E-state index in [9.17, 15) is 9.18 Å². The third-order valence-corrected chi connectivity index (χ3v) is 6.08. The van der Waals surface area contributed by atoms with E-state index in [2.05, 4.69) is 30.3 Å². The zero-order chi connectivity index (χ0) is 20.1. The van der Waals surface area contributed by atoms with Gasteiger partial charge in [0.2, 0.25) is 0 Å². The number of unbranched alkanes of at least 4 members (excludes halogenated alkanes) is 1. The van der Waals surface area contributed by atoms with Gasteiger partial charge in [-0.1, -0.05) is 27.2 Å². The Balaban J connectivity index is 1.93. The Morgan fingerprint density at radius 2 is 2.00 bits per heavy atom. The molecule has 0 unspecified atom stereocenters. The second kappa shape index (κ2) is 9.32. The monoisotopic (exact) mass is 401 g/mol. The number of hydrogen-bond donors (Lipinski definition) is 0. The molecule has 0 saturated carbocycles. The topological polar surface area (TPSA) is 38.1 Å². The molecule has 150 valence electrons. The van der Waals surface area contributed by atoms with Crippen molar-refractivity contribution in [2.75, 3.05) is 6.54 Å². The Morgan fingerprint density at radius 1 is 1.18 bits per heavy atom. The Kier molecular flexibility index (Phi) is 6.83. The summed E-state index contributed by atoms with van der Waals surface area (Å²) in [5, 5.41) is 0. The van der Waals surface area contributed by atoms with Gasteiger partial charge in [-0.05, 0) is 43.5 Å². The molecule has 0 atom stereocenters. The van der Waals surface area contributed by atoms with Crippen molar-refractivity contribution in [2.45, 2.75) is 59.5 Å². The lowest BCUT2D eigenvalue weighted by molar-refractivity contribution is 0.0739. The molecule has 0 aliphatic heterocycles. The van der Waals surface area contributed by atoms with Crippen molar-refractivity contribution >= 4 is 28.3 Å². The summed E-state index contributed by atoms with van der Waals surface area (Å²) in [6, 6.07) is 8.68. The molecule has 2 aromatic heterocycles. The largest absolute Gasteiger partial charge is 0.330 e. The maximum absolute atomic E-state index is 13.7. The van der Waals surface area contributed by atoms with Crippen LogP contribution in [0, 0.1) is 5.82 Å². The molecule has 0 bridgehead atoms. The second-order valence-corrected chi connectivity index (χ2v) is 8.18. The fraction of sp³-hybridized carbons (Fsp3) is 0.455. The molecule has 28 heavy (non-hydrogen) atoms. The van der Waals surface area contributed by atoms with Crippen LogP contribution in [0.3, 0.4) is 0 Å². The number of carbonyl (C=O) groups excluding carboxylic acids is 1. The Hall–Kier alpha value is -2.21. The summed E-state index contributed by atoms with van der Waals surface area (Å²) >= 11 is 1.57. The minimum atomic E-state index is -0.287. The summed E-state index contributed by atoms with van der Waals surface area (Å²) in [5.41, 5.74) is 1.57. The highest BCUT2D eigenvalue weighted by molar-refractivity contribution is 7.14. The normalized spacial score (nSPS) is 11.3. The van der Waals surface area contributed by atoms with E-state index in [4.69, 9.17) is 0 Å². The smallest absolute Gasteiger partial charge is 0.264 e. The lowest BCUT2D eigenvalue weighted by Crippen LogP contribution is -2.32. The summed E-state index contributed by atoms with van der Waals surface area (Å²) in [4.78, 5) is 21.7. The zero-order valence-electron chi connectivity index (χ0n) is 16.9. The van der Waals surface area contributed by atoms with Crippen molar-refractivity contribution < 1.29 is 9.18 Å². The van der Waals surface area contributed by atoms with E-state index in [1.165, 1.54) is 17.0 Å². The molecule has 1 aromatic carbocycles. The van der Waals surface area contributed by atoms with Crippen molar-refractivity contribution in [3.8, 4) is 0 Å². The summed E-state index contributed by atoms with van der Waals surface area (Å²) in [5.74, 6) is 0.586. The van der Waals surface area contributed by atoms with E-state index < -0.39 is 0 Å². The molecule has 3 aromatic rings. The Labute approximate surface area is 170 Å². The molecule has 2 heterocycles. The highest BCUT2D eigenvalue weighted by atomic mass is 32.1. The third kappa shape index (κ3) is 4.43. The average molecular weight is 402 g/mol. The van der Waals surface area contributed by atoms with Gasteiger partial charge in [0.05, 0.1) is 22.5 Å². The van der Waals surface area contributed by atoms with Gasteiger partial charge in [0.15, 0.2) is 0 Å². The molecular formula is C22H28FN3OS. The van der Waals surface area contributed by atoms with Crippen molar-refractivity contribution in [3.05, 3.63) is 51.7 Å². The Morgan fingerprint density at radius 3 is 2.68 bits per heavy atom. The molecule has 0 aliphatic rings. The lowest BCUT2D eigenvalue weighted by Gasteiger charge is -2.22. The number of fused-ring (bicyclic) bond motifs is 1. The van der Waals surface area contributed by atoms with Crippen LogP contribution < -0.4 is 0 Å². The number of aromatic nitrogens is 2. The van der Waals surface area contributed by atoms with Crippen LogP contribution in [0.4, 0.5) is 4.39 Å². The highest BCUT2D eigenvalue weighted by Crippen LogP contribution is 2.23. The highest BCUT2D eigenvalue weighted by Gasteiger charge is 2.21. The number of amides is 1. The van der Waals surface area contributed by atoms with Crippen LogP contribution in [-0.4, -0.2) is 26.9 Å². The minimum Gasteiger partial charge on any atom is -0.330 e. The molecule has 1 amide bonds. The first-order valence-electron chi connectivity index (χ1n) is 10.1. The van der Waals surface area contributed by atoms with E-state index in [0.717, 1.165) is 48.4 Å². The van der Waals surface area contributed by atoms with Crippen LogP contribution in [0.1, 0.15) is 60.4 Å². The summed E-state index contributed by atoms with van der Waals surface area (Å²) in [7, 11) is 0. The number of carbonyl (C=O) groups is 1. The third-order valence-electron chi connectivity index (χ3n) is 4.86. The molecular weight excluding hydrogens is 373 g/mol. The predicted octanol–water partition coefficient (Wildman–Crippen LogP) is 5.65. The standard InChI is InChI=1S/C22H28FN3OS/c1-4-7-13-25(22(27)20-11-9-17(6-3)28-20)15-21-24-18-14-16(23)8-10-19(18)26(21)12-5-2/h8-11,14H,4-7,12-13,15H2,1-3H3. The van der Waals surface area contributed by atoms with Crippen molar-refractivity contribution in [1.29, 1.82) is 0 Å². The quantitative estimate of drug-likeness (QED) is 0.464. The van der Waals surface area contributed by atoms with E-state index >= 15 is 0 Å². The molecule has 0 aliphatic carbocycles. The first-order valence-corrected chi connectivity index (χ1v) is 10.9. The fourth-order valence-electron chi connectivity index (χ4n) is 3.36. The maximum Gasteiger partial charge on any atom is 0.264 e.